The smallest absolute Gasteiger partial charge is 0.249 e. The number of nitrogens with zero attached hydrogens (tertiary/aromatic N) is 4. The van der Waals surface area contributed by atoms with Crippen LogP contribution in [-0.4, -0.2) is 38.5 Å². The molecule has 0 fully saturated rings. The van der Waals surface area contributed by atoms with Gasteiger partial charge in [-0.3, -0.25) is 4.79 Å². The van der Waals surface area contributed by atoms with Crippen molar-refractivity contribution in [1.29, 1.82) is 0 Å². The predicted molar refractivity (Wildman–Crippen MR) is 88.3 cm³/mol. The van der Waals surface area contributed by atoms with Crippen molar-refractivity contribution < 1.29 is 9.53 Å². The molecule has 2 aromatic rings. The molecule has 0 unspecified atom stereocenters. The Bertz CT molecular complexity index is 753. The van der Waals surface area contributed by atoms with Gasteiger partial charge in [-0.15, -0.1) is 0 Å². The summed E-state index contributed by atoms with van der Waals surface area (Å²) in [6.45, 7) is 1.70. The van der Waals surface area contributed by atoms with Gasteiger partial charge in [0.05, 0.1) is 24.6 Å². The predicted octanol–water partition coefficient (Wildman–Crippen LogP) is 2.35. The molecule has 3 heterocycles. The maximum atomic E-state index is 12.7. The number of fused-ring (bicyclic) bond motifs is 1. The lowest BCUT2D eigenvalue weighted by atomic mass is 10.1. The van der Waals surface area contributed by atoms with E-state index in [2.05, 4.69) is 20.6 Å². The van der Waals surface area contributed by atoms with Gasteiger partial charge >= 0.3 is 0 Å². The second kappa shape index (κ2) is 6.47. The topological polar surface area (TPSA) is 60.2 Å². The van der Waals surface area contributed by atoms with E-state index in [0.717, 1.165) is 30.5 Å². The van der Waals surface area contributed by atoms with E-state index in [1.165, 1.54) is 0 Å². The largest absolute Gasteiger partial charge is 0.475 e. The minimum atomic E-state index is 0.0456. The second-order valence-corrected chi connectivity index (χ2v) is 6.23. The fraction of sp³-hybridized carbons (Fsp3) is 0.389. The van der Waals surface area contributed by atoms with Crippen LogP contribution in [0.5, 0.6) is 5.88 Å². The molecule has 0 saturated carbocycles. The average Bonchev–Trinajstić information content (AvgIpc) is 3.31. The first kappa shape index (κ1) is 14.9. The first-order valence-corrected chi connectivity index (χ1v) is 8.34. The summed E-state index contributed by atoms with van der Waals surface area (Å²) in [7, 11) is 0. The summed E-state index contributed by atoms with van der Waals surface area (Å²) in [6, 6.07) is 5.64. The standard InChI is InChI=1S/C18H20N4O2/c23-18(14-5-1-2-6-14)21-10-15-9-19-13-22(15)16(11-21)12-24-17-7-3-4-8-20-17/h3-5,7-9,13,16H,1-2,6,10-12H2/t16-/m1/s1. The van der Waals surface area contributed by atoms with Crippen LogP contribution in [0.3, 0.4) is 0 Å². The van der Waals surface area contributed by atoms with Crippen molar-refractivity contribution >= 4 is 5.91 Å². The van der Waals surface area contributed by atoms with Gasteiger partial charge < -0.3 is 14.2 Å². The molecule has 24 heavy (non-hydrogen) atoms. The van der Waals surface area contributed by atoms with E-state index in [9.17, 15) is 4.79 Å². The summed E-state index contributed by atoms with van der Waals surface area (Å²) in [6.07, 6.45) is 10.4. The lowest BCUT2D eigenvalue weighted by Gasteiger charge is -2.34. The summed E-state index contributed by atoms with van der Waals surface area (Å²) in [5.41, 5.74) is 2.00. The van der Waals surface area contributed by atoms with Gasteiger partial charge in [-0.1, -0.05) is 12.1 Å². The molecule has 124 valence electrons. The molecule has 2 aromatic heterocycles. The van der Waals surface area contributed by atoms with Crippen molar-refractivity contribution in [2.75, 3.05) is 13.2 Å². The molecule has 0 bridgehead atoms. The molecule has 0 aromatic carbocycles. The van der Waals surface area contributed by atoms with Crippen LogP contribution in [0.25, 0.3) is 0 Å². The van der Waals surface area contributed by atoms with Crippen molar-refractivity contribution in [3.05, 3.63) is 54.3 Å². The lowest BCUT2D eigenvalue weighted by molar-refractivity contribution is -0.129. The van der Waals surface area contributed by atoms with Crippen LogP contribution in [-0.2, 0) is 11.3 Å². The van der Waals surface area contributed by atoms with Gasteiger partial charge in [0, 0.05) is 30.6 Å². The van der Waals surface area contributed by atoms with Crippen LogP contribution < -0.4 is 4.74 Å². The third-order valence-electron chi connectivity index (χ3n) is 4.59. The molecule has 1 amide bonds. The number of ether oxygens (including phenoxy) is 1. The van der Waals surface area contributed by atoms with E-state index in [1.807, 2.05) is 35.6 Å². The molecule has 0 radical (unpaired) electrons. The number of pyridine rings is 1. The van der Waals surface area contributed by atoms with Crippen LogP contribution in [0, 0.1) is 0 Å². The molecule has 6 nitrogen and oxygen atoms in total. The Kier molecular flexibility index (Phi) is 4.02. The highest BCUT2D eigenvalue weighted by molar-refractivity contribution is 5.93. The minimum Gasteiger partial charge on any atom is -0.475 e. The Morgan fingerprint density at radius 1 is 1.38 bits per heavy atom. The number of imidazole rings is 1. The van der Waals surface area contributed by atoms with Crippen molar-refractivity contribution in [3.8, 4) is 5.88 Å². The van der Waals surface area contributed by atoms with Crippen molar-refractivity contribution in [2.24, 2.45) is 0 Å². The lowest BCUT2D eigenvalue weighted by Crippen LogP contribution is -2.43. The summed E-state index contributed by atoms with van der Waals surface area (Å²) >= 11 is 0. The van der Waals surface area contributed by atoms with E-state index in [4.69, 9.17) is 4.74 Å². The molecule has 6 heteroatoms. The Labute approximate surface area is 140 Å². The number of carbonyl (C=O) groups is 1. The normalized spacial score (nSPS) is 19.8. The number of hydrogen-bond donors (Lipinski definition) is 0. The van der Waals surface area contributed by atoms with E-state index in [0.29, 0.717) is 25.6 Å². The molecule has 4 rings (SSSR count). The molecular formula is C18H20N4O2. The fourth-order valence-electron chi connectivity index (χ4n) is 3.36. The van der Waals surface area contributed by atoms with Gasteiger partial charge in [0.15, 0.2) is 0 Å². The average molecular weight is 324 g/mol. The Hall–Kier alpha value is -2.63. The van der Waals surface area contributed by atoms with Crippen molar-refractivity contribution in [2.45, 2.75) is 31.8 Å². The van der Waals surface area contributed by atoms with E-state index in [-0.39, 0.29) is 11.9 Å². The molecule has 2 aliphatic rings. The molecule has 0 N–H and O–H groups in total. The highest BCUT2D eigenvalue weighted by atomic mass is 16.5. The number of amides is 1. The van der Waals surface area contributed by atoms with Crippen LogP contribution in [0.4, 0.5) is 0 Å². The van der Waals surface area contributed by atoms with E-state index in [1.54, 1.807) is 6.20 Å². The minimum absolute atomic E-state index is 0.0456. The highest BCUT2D eigenvalue weighted by Gasteiger charge is 2.30. The van der Waals surface area contributed by atoms with Gasteiger partial charge in [0.25, 0.3) is 0 Å². The first-order valence-electron chi connectivity index (χ1n) is 8.34. The summed E-state index contributed by atoms with van der Waals surface area (Å²) in [5, 5.41) is 0. The number of rotatable bonds is 4. The molecular weight excluding hydrogens is 304 g/mol. The molecule has 0 spiro atoms. The SMILES string of the molecule is O=C(C1=CCCC1)N1Cc2cncn2[C@@H](COc2ccccn2)C1. The zero-order valence-electron chi connectivity index (χ0n) is 13.5. The number of aromatic nitrogens is 3. The second-order valence-electron chi connectivity index (χ2n) is 6.23. The Morgan fingerprint density at radius 3 is 3.12 bits per heavy atom. The number of carbonyl (C=O) groups excluding carboxylic acids is 1. The quantitative estimate of drug-likeness (QED) is 0.866. The van der Waals surface area contributed by atoms with Crippen LogP contribution in [0.2, 0.25) is 0 Å². The zero-order valence-corrected chi connectivity index (χ0v) is 13.5. The third-order valence-corrected chi connectivity index (χ3v) is 4.59. The first-order chi connectivity index (χ1) is 11.8. The number of hydrogen-bond acceptors (Lipinski definition) is 4. The summed E-state index contributed by atoms with van der Waals surface area (Å²) in [5.74, 6) is 0.754. The van der Waals surface area contributed by atoms with Crippen LogP contribution in [0.15, 0.2) is 48.6 Å². The van der Waals surface area contributed by atoms with Gasteiger partial charge in [-0.25, -0.2) is 9.97 Å². The van der Waals surface area contributed by atoms with Gasteiger partial charge in [-0.2, -0.15) is 0 Å². The highest BCUT2D eigenvalue weighted by Crippen LogP contribution is 2.26. The van der Waals surface area contributed by atoms with E-state index >= 15 is 0 Å². The van der Waals surface area contributed by atoms with Crippen molar-refractivity contribution in [1.82, 2.24) is 19.4 Å². The summed E-state index contributed by atoms with van der Waals surface area (Å²) in [4.78, 5) is 23.1. The zero-order chi connectivity index (χ0) is 16.4. The van der Waals surface area contributed by atoms with Crippen molar-refractivity contribution in [3.63, 3.8) is 0 Å². The summed E-state index contributed by atoms with van der Waals surface area (Å²) < 4.78 is 7.92. The molecule has 1 aliphatic carbocycles. The monoisotopic (exact) mass is 324 g/mol. The van der Waals surface area contributed by atoms with Crippen LogP contribution >= 0.6 is 0 Å². The van der Waals surface area contributed by atoms with Gasteiger partial charge in [-0.05, 0) is 25.3 Å². The van der Waals surface area contributed by atoms with Gasteiger partial charge in [0.2, 0.25) is 11.8 Å². The Balaban J connectivity index is 1.50. The fourth-order valence-corrected chi connectivity index (χ4v) is 3.36. The number of allylic oxidation sites excluding steroid dienone is 1. The maximum absolute atomic E-state index is 12.7. The van der Waals surface area contributed by atoms with Gasteiger partial charge in [0.1, 0.15) is 6.61 Å². The van der Waals surface area contributed by atoms with E-state index < -0.39 is 0 Å². The Morgan fingerprint density at radius 2 is 2.33 bits per heavy atom. The molecule has 1 aliphatic heterocycles. The third kappa shape index (κ3) is 2.91. The molecule has 1 atom stereocenters. The molecule has 0 saturated heterocycles. The van der Waals surface area contributed by atoms with Crippen LogP contribution in [0.1, 0.15) is 31.0 Å². The maximum Gasteiger partial charge on any atom is 0.249 e.